The van der Waals surface area contributed by atoms with Crippen LogP contribution in [0.15, 0.2) is 36.4 Å². The van der Waals surface area contributed by atoms with Crippen molar-refractivity contribution in [2.75, 3.05) is 39.3 Å². The van der Waals surface area contributed by atoms with Gasteiger partial charge in [0.1, 0.15) is 11.9 Å². The zero-order chi connectivity index (χ0) is 24.9. The fraction of sp³-hybridized carbons (Fsp3) is 0.500. The van der Waals surface area contributed by atoms with Gasteiger partial charge in [0, 0.05) is 37.8 Å². The summed E-state index contributed by atoms with van der Waals surface area (Å²) in [5.74, 6) is -2.32. The summed E-state index contributed by atoms with van der Waals surface area (Å²) in [5, 5.41) is 15.6. The van der Waals surface area contributed by atoms with Gasteiger partial charge in [0.05, 0.1) is 18.7 Å². The normalized spacial score (nSPS) is 20.9. The number of carboxylic acids is 2. The van der Waals surface area contributed by atoms with Crippen molar-refractivity contribution in [2.45, 2.75) is 31.2 Å². The Morgan fingerprint density at radius 1 is 0.971 bits per heavy atom. The Morgan fingerprint density at radius 3 is 2.26 bits per heavy atom. The zero-order valence-electron chi connectivity index (χ0n) is 18.3. The maximum Gasteiger partial charge on any atom is 0.416 e. The van der Waals surface area contributed by atoms with Gasteiger partial charge in [-0.2, -0.15) is 13.2 Å². The van der Waals surface area contributed by atoms with Crippen molar-refractivity contribution >= 4 is 18.0 Å². The Bertz CT molecular complexity index is 917. The molecule has 3 saturated heterocycles. The van der Waals surface area contributed by atoms with Crippen molar-refractivity contribution in [1.82, 2.24) is 14.7 Å². The molecule has 34 heavy (non-hydrogen) atoms. The van der Waals surface area contributed by atoms with E-state index in [1.807, 2.05) is 4.90 Å². The number of piperazine rings is 1. The van der Waals surface area contributed by atoms with E-state index >= 15 is 0 Å². The minimum atomic E-state index is -4.39. The smallest absolute Gasteiger partial charge is 0.416 e. The lowest BCUT2D eigenvalue weighted by atomic mass is 10.1. The number of alkyl halides is 3. The molecule has 2 amide bonds. The van der Waals surface area contributed by atoms with Gasteiger partial charge < -0.3 is 24.7 Å². The van der Waals surface area contributed by atoms with E-state index < -0.39 is 23.7 Å². The number of hydrogen-bond donors (Lipinski definition) is 2. The van der Waals surface area contributed by atoms with Crippen LogP contribution >= 0.6 is 0 Å². The van der Waals surface area contributed by atoms with E-state index in [1.165, 1.54) is 18.6 Å². The lowest BCUT2D eigenvalue weighted by molar-refractivity contribution is -0.137. The lowest BCUT2D eigenvalue weighted by Crippen LogP contribution is -2.62. The Kier molecular flexibility index (Phi) is 8.02. The number of fused-ring (bicyclic) bond motifs is 1. The molecule has 0 spiro atoms. The third kappa shape index (κ3) is 6.86. The van der Waals surface area contributed by atoms with Crippen LogP contribution in [0.3, 0.4) is 0 Å². The number of amides is 2. The van der Waals surface area contributed by atoms with Gasteiger partial charge in [0.25, 0.3) is 0 Å². The average molecular weight is 485 g/mol. The van der Waals surface area contributed by atoms with E-state index in [0.717, 1.165) is 44.7 Å². The molecule has 1 aromatic rings. The molecule has 0 aliphatic carbocycles. The van der Waals surface area contributed by atoms with Gasteiger partial charge in [-0.25, -0.2) is 14.4 Å². The number of benzene rings is 1. The van der Waals surface area contributed by atoms with Crippen LogP contribution in [-0.4, -0.2) is 94.3 Å². The van der Waals surface area contributed by atoms with Crippen molar-refractivity contribution in [3.05, 3.63) is 42.0 Å². The number of urea groups is 1. The van der Waals surface area contributed by atoms with Gasteiger partial charge in [-0.05, 0) is 37.6 Å². The van der Waals surface area contributed by atoms with Crippen LogP contribution in [-0.2, 0) is 15.8 Å². The summed E-state index contributed by atoms with van der Waals surface area (Å²) in [4.78, 5) is 37.7. The second kappa shape index (κ2) is 10.8. The van der Waals surface area contributed by atoms with E-state index in [1.54, 1.807) is 4.90 Å². The molecule has 2 N–H and O–H groups in total. The Hall–Kier alpha value is -3.28. The molecule has 12 heteroatoms. The molecule has 3 aliphatic heterocycles. The number of halogens is 3. The second-order valence-electron chi connectivity index (χ2n) is 8.24. The van der Waals surface area contributed by atoms with E-state index in [-0.39, 0.29) is 17.9 Å². The molecule has 3 aliphatic rings. The third-order valence-corrected chi connectivity index (χ3v) is 5.81. The molecular weight excluding hydrogens is 459 g/mol. The topological polar surface area (TPSA) is 111 Å². The first-order chi connectivity index (χ1) is 16.0. The summed E-state index contributed by atoms with van der Waals surface area (Å²) in [6, 6.07) is 5.36. The number of carbonyl (C=O) groups excluding carboxylic acids is 1. The number of rotatable bonds is 4. The predicted octanol–water partition coefficient (Wildman–Crippen LogP) is 2.38. The number of likely N-dealkylation sites (tertiary alicyclic amines) is 1. The fourth-order valence-corrected chi connectivity index (χ4v) is 4.11. The van der Waals surface area contributed by atoms with E-state index in [2.05, 4.69) is 4.90 Å². The van der Waals surface area contributed by atoms with Crippen LogP contribution in [0.25, 0.3) is 0 Å². The van der Waals surface area contributed by atoms with Gasteiger partial charge in [-0.3, -0.25) is 4.90 Å². The van der Waals surface area contributed by atoms with Crippen molar-refractivity contribution < 1.29 is 42.5 Å². The number of carbonyl (C=O) groups is 3. The number of carboxylic acid groups (broad SMARTS) is 2. The van der Waals surface area contributed by atoms with E-state index in [9.17, 15) is 27.6 Å². The van der Waals surface area contributed by atoms with Crippen LogP contribution in [0, 0.1) is 0 Å². The first-order valence-electron chi connectivity index (χ1n) is 10.8. The molecule has 1 unspecified atom stereocenters. The summed E-state index contributed by atoms with van der Waals surface area (Å²) in [6.07, 6.45) is -1.18. The SMILES string of the molecule is O=C(N1CC(Oc2cccc(C(F)(F)F)c2)C1)N1CCN2CCCC2C1.O=C(O)/C=C/C(=O)O. The molecule has 4 rings (SSSR count). The number of hydrogen-bond acceptors (Lipinski definition) is 5. The third-order valence-electron chi connectivity index (χ3n) is 5.81. The van der Waals surface area contributed by atoms with Crippen molar-refractivity contribution in [1.29, 1.82) is 0 Å². The second-order valence-corrected chi connectivity index (χ2v) is 8.24. The van der Waals surface area contributed by atoms with Crippen LogP contribution in [0.2, 0.25) is 0 Å². The van der Waals surface area contributed by atoms with Crippen molar-refractivity contribution in [3.8, 4) is 5.75 Å². The van der Waals surface area contributed by atoms with Gasteiger partial charge in [-0.1, -0.05) is 6.07 Å². The van der Waals surface area contributed by atoms with Crippen LogP contribution < -0.4 is 4.74 Å². The van der Waals surface area contributed by atoms with Gasteiger partial charge in [-0.15, -0.1) is 0 Å². The highest BCUT2D eigenvalue weighted by atomic mass is 19.4. The largest absolute Gasteiger partial charge is 0.487 e. The number of ether oxygens (including phenoxy) is 1. The van der Waals surface area contributed by atoms with Gasteiger partial charge in [0.15, 0.2) is 0 Å². The molecule has 1 aromatic carbocycles. The first kappa shape index (κ1) is 25.3. The number of nitrogens with zero attached hydrogens (tertiary/aromatic N) is 3. The highest BCUT2D eigenvalue weighted by Gasteiger charge is 2.39. The monoisotopic (exact) mass is 485 g/mol. The molecule has 3 fully saturated rings. The molecule has 0 bridgehead atoms. The molecule has 1 atom stereocenters. The summed E-state index contributed by atoms with van der Waals surface area (Å²) in [6.45, 7) is 4.40. The van der Waals surface area contributed by atoms with Crippen molar-refractivity contribution in [2.24, 2.45) is 0 Å². The standard InChI is InChI=1S/C18H22F3N3O2.C4H4O4/c19-18(20,21)13-3-1-5-15(9-13)26-16-11-24(12-16)17(25)23-8-7-22-6-2-4-14(22)10-23;5-3(6)1-2-4(7)8/h1,3,5,9,14,16H,2,4,6-8,10-12H2;1-2H,(H,5,6)(H,7,8)/b;2-1+. The Labute approximate surface area is 194 Å². The molecule has 0 radical (unpaired) electrons. The average Bonchev–Trinajstić information content (AvgIpc) is 3.22. The van der Waals surface area contributed by atoms with Crippen LogP contribution in [0.5, 0.6) is 5.75 Å². The quantitative estimate of drug-likeness (QED) is 0.630. The molecule has 9 nitrogen and oxygen atoms in total. The predicted molar refractivity (Wildman–Crippen MR) is 113 cm³/mol. The van der Waals surface area contributed by atoms with Crippen LogP contribution in [0.1, 0.15) is 18.4 Å². The lowest BCUT2D eigenvalue weighted by Gasteiger charge is -2.44. The van der Waals surface area contributed by atoms with Crippen molar-refractivity contribution in [3.63, 3.8) is 0 Å². The molecule has 0 saturated carbocycles. The Balaban J connectivity index is 0.000000350. The maximum atomic E-state index is 12.8. The van der Waals surface area contributed by atoms with Gasteiger partial charge in [0.2, 0.25) is 0 Å². The molecule has 0 aromatic heterocycles. The van der Waals surface area contributed by atoms with Crippen LogP contribution in [0.4, 0.5) is 18.0 Å². The molecule has 186 valence electrons. The summed E-state index contributed by atoms with van der Waals surface area (Å²) in [7, 11) is 0. The fourth-order valence-electron chi connectivity index (χ4n) is 4.11. The molecular formula is C22H26F3N3O6. The maximum absolute atomic E-state index is 12.8. The molecule has 3 heterocycles. The Morgan fingerprint density at radius 2 is 1.65 bits per heavy atom. The summed E-state index contributed by atoms with van der Waals surface area (Å²) < 4.78 is 43.9. The number of aliphatic carboxylic acids is 2. The zero-order valence-corrected chi connectivity index (χ0v) is 18.3. The summed E-state index contributed by atoms with van der Waals surface area (Å²) in [5.41, 5.74) is -0.725. The first-order valence-corrected chi connectivity index (χ1v) is 10.8. The minimum Gasteiger partial charge on any atom is -0.487 e. The van der Waals surface area contributed by atoms with E-state index in [4.69, 9.17) is 14.9 Å². The van der Waals surface area contributed by atoms with E-state index in [0.29, 0.717) is 31.3 Å². The minimum absolute atomic E-state index is 0.0143. The highest BCUT2D eigenvalue weighted by Crippen LogP contribution is 2.32. The van der Waals surface area contributed by atoms with Gasteiger partial charge >= 0.3 is 24.1 Å². The highest BCUT2D eigenvalue weighted by molar-refractivity contribution is 5.89. The summed E-state index contributed by atoms with van der Waals surface area (Å²) >= 11 is 0.